The highest BCUT2D eigenvalue weighted by Crippen LogP contribution is 2.25. The molecule has 5 nitrogen and oxygen atoms in total. The number of nitrogens with one attached hydrogen (secondary N) is 1. The number of carbonyl (C=O) groups excluding carboxylic acids is 1. The number of hydrogen-bond donors (Lipinski definition) is 1. The number of aromatic nitrogens is 2. The quantitative estimate of drug-likeness (QED) is 0.650. The molecule has 1 aliphatic heterocycles. The topological polar surface area (TPSA) is 58.1 Å². The highest BCUT2D eigenvalue weighted by Gasteiger charge is 2.26. The fourth-order valence-electron chi connectivity index (χ4n) is 2.77. The summed E-state index contributed by atoms with van der Waals surface area (Å²) in [5.41, 5.74) is 0.707. The Morgan fingerprint density at radius 1 is 1.38 bits per heavy atom. The number of benzene rings is 1. The van der Waals surface area contributed by atoms with E-state index >= 15 is 0 Å². The van der Waals surface area contributed by atoms with Crippen LogP contribution in [-0.4, -0.2) is 40.3 Å². The van der Waals surface area contributed by atoms with E-state index in [9.17, 15) is 9.18 Å². The highest BCUT2D eigenvalue weighted by atomic mass is 32.2. The standard InChI is InChI=1S/C16H19FN4OS2/c1-23-16-20-19-15(24-16)18-14(22)11-6-8-21(9-7-11)10-12-4-2-3-5-13(12)17/h2-5,11H,6-10H2,1H3,(H,18,19,22). The minimum absolute atomic E-state index is 0.00402. The molecule has 0 atom stereocenters. The number of piperidine rings is 1. The Balaban J connectivity index is 1.49. The molecule has 2 aromatic rings. The molecule has 0 bridgehead atoms. The lowest BCUT2D eigenvalue weighted by Gasteiger charge is -2.31. The maximum absolute atomic E-state index is 13.7. The summed E-state index contributed by atoms with van der Waals surface area (Å²) in [6.45, 7) is 2.17. The summed E-state index contributed by atoms with van der Waals surface area (Å²) in [5.74, 6) is -0.189. The van der Waals surface area contributed by atoms with E-state index < -0.39 is 0 Å². The summed E-state index contributed by atoms with van der Waals surface area (Å²) >= 11 is 2.90. The second-order valence-electron chi connectivity index (χ2n) is 5.71. The van der Waals surface area contributed by atoms with Crippen LogP contribution in [0.25, 0.3) is 0 Å². The summed E-state index contributed by atoms with van der Waals surface area (Å²) in [7, 11) is 0. The smallest absolute Gasteiger partial charge is 0.229 e. The second kappa shape index (κ2) is 8.04. The Bertz CT molecular complexity index is 701. The molecule has 1 N–H and O–H groups in total. The number of halogens is 1. The van der Waals surface area contributed by atoms with Gasteiger partial charge in [0.1, 0.15) is 5.82 Å². The zero-order valence-corrected chi connectivity index (χ0v) is 15.0. The molecule has 8 heteroatoms. The van der Waals surface area contributed by atoms with Gasteiger partial charge in [-0.05, 0) is 38.3 Å². The molecule has 3 rings (SSSR count). The summed E-state index contributed by atoms with van der Waals surface area (Å²) in [6.07, 6.45) is 3.47. The van der Waals surface area contributed by atoms with Gasteiger partial charge >= 0.3 is 0 Å². The van der Waals surface area contributed by atoms with Crippen molar-refractivity contribution in [2.45, 2.75) is 23.7 Å². The van der Waals surface area contributed by atoms with Crippen LogP contribution in [0.5, 0.6) is 0 Å². The molecule has 1 aromatic carbocycles. The molecule has 0 unspecified atom stereocenters. The number of rotatable bonds is 5. The van der Waals surface area contributed by atoms with Crippen molar-refractivity contribution >= 4 is 34.1 Å². The van der Waals surface area contributed by atoms with Gasteiger partial charge in [-0.25, -0.2) is 4.39 Å². The molecule has 1 fully saturated rings. The predicted molar refractivity (Wildman–Crippen MR) is 94.7 cm³/mol. The molecule has 0 radical (unpaired) electrons. The van der Waals surface area contributed by atoms with E-state index in [1.807, 2.05) is 18.4 Å². The van der Waals surface area contributed by atoms with Gasteiger partial charge in [-0.3, -0.25) is 9.69 Å². The van der Waals surface area contributed by atoms with Crippen molar-refractivity contribution in [3.05, 3.63) is 35.6 Å². The maximum atomic E-state index is 13.7. The predicted octanol–water partition coefficient (Wildman–Crippen LogP) is 3.25. The number of carbonyl (C=O) groups is 1. The number of nitrogens with zero attached hydrogens (tertiary/aromatic N) is 3. The fraction of sp³-hybridized carbons (Fsp3) is 0.438. The number of hydrogen-bond acceptors (Lipinski definition) is 6. The van der Waals surface area contributed by atoms with E-state index in [1.165, 1.54) is 29.2 Å². The van der Waals surface area contributed by atoms with Crippen LogP contribution in [0.3, 0.4) is 0 Å². The summed E-state index contributed by atoms with van der Waals surface area (Å²) in [6, 6.07) is 6.85. The van der Waals surface area contributed by atoms with Crippen LogP contribution in [0, 0.1) is 11.7 Å². The van der Waals surface area contributed by atoms with Gasteiger partial charge in [0.15, 0.2) is 4.34 Å². The van der Waals surface area contributed by atoms with Crippen LogP contribution in [0.1, 0.15) is 18.4 Å². The molecule has 1 aromatic heterocycles. The van der Waals surface area contributed by atoms with Crippen molar-refractivity contribution in [1.29, 1.82) is 0 Å². The summed E-state index contributed by atoms with van der Waals surface area (Å²) in [4.78, 5) is 14.5. The molecule has 0 aliphatic carbocycles. The molecule has 0 saturated carbocycles. The molecule has 2 heterocycles. The minimum Gasteiger partial charge on any atom is -0.300 e. The van der Waals surface area contributed by atoms with Gasteiger partial charge < -0.3 is 5.32 Å². The van der Waals surface area contributed by atoms with Crippen molar-refractivity contribution in [3.8, 4) is 0 Å². The normalized spacial score (nSPS) is 16.2. The van der Waals surface area contributed by atoms with Crippen LogP contribution >= 0.6 is 23.1 Å². The van der Waals surface area contributed by atoms with Gasteiger partial charge in [0.25, 0.3) is 0 Å². The molecule has 128 valence electrons. The summed E-state index contributed by atoms with van der Waals surface area (Å²) in [5, 5.41) is 11.3. The third-order valence-electron chi connectivity index (χ3n) is 4.12. The van der Waals surface area contributed by atoms with Crippen LogP contribution in [0.15, 0.2) is 28.6 Å². The van der Waals surface area contributed by atoms with Gasteiger partial charge in [-0.15, -0.1) is 10.2 Å². The van der Waals surface area contributed by atoms with Crippen LogP contribution in [0.4, 0.5) is 9.52 Å². The molecule has 1 aliphatic rings. The maximum Gasteiger partial charge on any atom is 0.229 e. The van der Waals surface area contributed by atoms with Gasteiger partial charge in [-0.1, -0.05) is 41.3 Å². The van der Waals surface area contributed by atoms with Crippen molar-refractivity contribution in [2.75, 3.05) is 24.7 Å². The van der Waals surface area contributed by atoms with Crippen LogP contribution < -0.4 is 5.32 Å². The highest BCUT2D eigenvalue weighted by molar-refractivity contribution is 8.00. The van der Waals surface area contributed by atoms with E-state index in [2.05, 4.69) is 20.4 Å². The van der Waals surface area contributed by atoms with Gasteiger partial charge in [-0.2, -0.15) is 0 Å². The lowest BCUT2D eigenvalue weighted by molar-refractivity contribution is -0.121. The molecule has 1 amide bonds. The van der Waals surface area contributed by atoms with E-state index in [0.29, 0.717) is 17.2 Å². The van der Waals surface area contributed by atoms with E-state index in [-0.39, 0.29) is 17.6 Å². The first kappa shape index (κ1) is 17.3. The zero-order valence-electron chi connectivity index (χ0n) is 13.4. The Kier molecular flexibility index (Phi) is 5.80. The third kappa shape index (κ3) is 4.31. The molecular formula is C16H19FN4OS2. The third-order valence-corrected chi connectivity index (χ3v) is 5.94. The largest absolute Gasteiger partial charge is 0.300 e. The fourth-order valence-corrected chi connectivity index (χ4v) is 3.94. The number of anilines is 1. The Labute approximate surface area is 148 Å². The second-order valence-corrected chi connectivity index (χ2v) is 7.74. The van der Waals surface area contributed by atoms with Crippen molar-refractivity contribution in [1.82, 2.24) is 15.1 Å². The van der Waals surface area contributed by atoms with Gasteiger partial charge in [0.2, 0.25) is 11.0 Å². The first-order chi connectivity index (χ1) is 11.7. The van der Waals surface area contributed by atoms with Gasteiger partial charge in [0, 0.05) is 18.0 Å². The number of likely N-dealkylation sites (tertiary alicyclic amines) is 1. The van der Waals surface area contributed by atoms with Gasteiger partial charge in [0.05, 0.1) is 0 Å². The van der Waals surface area contributed by atoms with Crippen molar-refractivity contribution in [2.24, 2.45) is 5.92 Å². The van der Waals surface area contributed by atoms with Crippen molar-refractivity contribution in [3.63, 3.8) is 0 Å². The van der Waals surface area contributed by atoms with Crippen LogP contribution in [-0.2, 0) is 11.3 Å². The number of amides is 1. The van der Waals surface area contributed by atoms with E-state index in [0.717, 1.165) is 30.3 Å². The molecule has 0 spiro atoms. The molecule has 1 saturated heterocycles. The SMILES string of the molecule is CSc1nnc(NC(=O)C2CCN(Cc3ccccc3F)CC2)s1. The lowest BCUT2D eigenvalue weighted by atomic mass is 9.95. The molecular weight excluding hydrogens is 347 g/mol. The monoisotopic (exact) mass is 366 g/mol. The van der Waals surface area contributed by atoms with E-state index in [4.69, 9.17) is 0 Å². The Morgan fingerprint density at radius 2 is 2.12 bits per heavy atom. The number of thioether (sulfide) groups is 1. The average Bonchev–Trinajstić information content (AvgIpc) is 3.05. The Morgan fingerprint density at radius 3 is 2.79 bits per heavy atom. The lowest BCUT2D eigenvalue weighted by Crippen LogP contribution is -2.37. The average molecular weight is 366 g/mol. The molecule has 24 heavy (non-hydrogen) atoms. The first-order valence-corrected chi connectivity index (χ1v) is 9.84. The van der Waals surface area contributed by atoms with Crippen molar-refractivity contribution < 1.29 is 9.18 Å². The summed E-state index contributed by atoms with van der Waals surface area (Å²) < 4.78 is 14.6. The minimum atomic E-state index is -0.168. The van der Waals surface area contributed by atoms with E-state index in [1.54, 1.807) is 6.07 Å². The first-order valence-electron chi connectivity index (χ1n) is 7.80. The zero-order chi connectivity index (χ0) is 16.9. The van der Waals surface area contributed by atoms with Crippen LogP contribution in [0.2, 0.25) is 0 Å². The Hall–Kier alpha value is -1.51.